The molecule has 1 aromatic carbocycles. The molecule has 1 aromatic rings. The van der Waals surface area contributed by atoms with Gasteiger partial charge in [0.1, 0.15) is 0 Å². The van der Waals surface area contributed by atoms with Crippen LogP contribution in [0.2, 0.25) is 0 Å². The lowest BCUT2D eigenvalue weighted by molar-refractivity contribution is -0.258. The van der Waals surface area contributed by atoms with E-state index in [0.717, 1.165) is 5.06 Å². The first-order chi connectivity index (χ1) is 5.88. The van der Waals surface area contributed by atoms with Gasteiger partial charge in [0.2, 0.25) is 0 Å². The molecule has 0 atom stereocenters. The minimum atomic E-state index is -0.193. The summed E-state index contributed by atoms with van der Waals surface area (Å²) in [6, 6.07) is 9.05. The second-order valence-corrected chi connectivity index (χ2v) is 2.36. The summed E-state index contributed by atoms with van der Waals surface area (Å²) in [4.78, 5) is 20.2. The number of amides is 1. The van der Waals surface area contributed by atoms with Gasteiger partial charge in [-0.05, 0) is 12.1 Å². The fourth-order valence-corrected chi connectivity index (χ4v) is 0.980. The summed E-state index contributed by atoms with van der Waals surface area (Å²) in [6.45, 7) is -0.0190. The maximum Gasteiger partial charge on any atom is 0.282 e. The van der Waals surface area contributed by atoms with E-state index >= 15 is 0 Å². The van der Waals surface area contributed by atoms with Crippen LogP contribution in [0, 0.1) is 0 Å². The molecule has 1 saturated heterocycles. The van der Waals surface area contributed by atoms with E-state index in [0.29, 0.717) is 5.69 Å². The Hall–Kier alpha value is -1.39. The number of carbonyl (C=O) groups is 1. The Labute approximate surface area is 69.2 Å². The number of carbonyl (C=O) groups excluding carboxylic acids is 1. The quantitative estimate of drug-likeness (QED) is 0.580. The number of hydrogen-bond acceptors (Lipinski definition) is 3. The molecule has 12 heavy (non-hydrogen) atoms. The topological polar surface area (TPSA) is 38.8 Å². The molecular weight excluding hydrogens is 158 g/mol. The molecular formula is C8H7NO3. The smallest absolute Gasteiger partial charge is 0.269 e. The zero-order chi connectivity index (χ0) is 8.39. The van der Waals surface area contributed by atoms with E-state index in [1.807, 2.05) is 18.2 Å². The van der Waals surface area contributed by atoms with Gasteiger partial charge >= 0.3 is 0 Å². The van der Waals surface area contributed by atoms with Crippen molar-refractivity contribution in [2.24, 2.45) is 0 Å². The summed E-state index contributed by atoms with van der Waals surface area (Å²) in [5.41, 5.74) is 0.681. The molecule has 1 aliphatic heterocycles. The molecule has 0 unspecified atom stereocenters. The molecule has 0 radical (unpaired) electrons. The predicted molar refractivity (Wildman–Crippen MR) is 41.0 cm³/mol. The molecule has 0 aliphatic carbocycles. The number of benzene rings is 1. The molecule has 0 bridgehead atoms. The fraction of sp³-hybridized carbons (Fsp3) is 0.125. The minimum absolute atomic E-state index is 0.0190. The van der Waals surface area contributed by atoms with Gasteiger partial charge in [-0.25, -0.2) is 4.89 Å². The maximum atomic E-state index is 11.1. The van der Waals surface area contributed by atoms with Crippen molar-refractivity contribution in [2.45, 2.75) is 0 Å². The fourth-order valence-electron chi connectivity index (χ4n) is 0.980. The predicted octanol–water partition coefficient (Wildman–Crippen LogP) is 0.896. The zero-order valence-corrected chi connectivity index (χ0v) is 6.27. The van der Waals surface area contributed by atoms with Crippen molar-refractivity contribution in [3.63, 3.8) is 0 Å². The average Bonchev–Trinajstić information content (AvgIpc) is 2.53. The van der Waals surface area contributed by atoms with Crippen LogP contribution in [0.3, 0.4) is 0 Å². The molecule has 2 rings (SSSR count). The van der Waals surface area contributed by atoms with E-state index in [-0.39, 0.29) is 12.5 Å². The van der Waals surface area contributed by atoms with Crippen molar-refractivity contribution in [2.75, 3.05) is 11.7 Å². The third-order valence-corrected chi connectivity index (χ3v) is 1.53. The van der Waals surface area contributed by atoms with Crippen molar-refractivity contribution in [1.82, 2.24) is 0 Å². The standard InChI is InChI=1S/C8H7NO3/c10-8-6-11-12-9(8)7-4-2-1-3-5-7/h1-5H,6H2. The van der Waals surface area contributed by atoms with Crippen LogP contribution < -0.4 is 5.06 Å². The van der Waals surface area contributed by atoms with Crippen LogP contribution in [0.1, 0.15) is 0 Å². The molecule has 1 fully saturated rings. The van der Waals surface area contributed by atoms with Gasteiger partial charge in [0.15, 0.2) is 6.61 Å². The highest BCUT2D eigenvalue weighted by Crippen LogP contribution is 2.17. The number of rotatable bonds is 1. The molecule has 62 valence electrons. The van der Waals surface area contributed by atoms with Gasteiger partial charge in [0.25, 0.3) is 5.91 Å². The minimum Gasteiger partial charge on any atom is -0.269 e. The maximum absolute atomic E-state index is 11.1. The van der Waals surface area contributed by atoms with E-state index in [4.69, 9.17) is 0 Å². The first-order valence-electron chi connectivity index (χ1n) is 3.55. The third kappa shape index (κ3) is 1.17. The number of nitrogens with zero attached hydrogens (tertiary/aromatic N) is 1. The lowest BCUT2D eigenvalue weighted by Crippen LogP contribution is -2.23. The summed E-state index contributed by atoms with van der Waals surface area (Å²) in [5.74, 6) is -0.193. The van der Waals surface area contributed by atoms with Crippen molar-refractivity contribution < 1.29 is 14.7 Å². The SMILES string of the molecule is O=C1COON1c1ccccc1. The number of anilines is 1. The normalized spacial score (nSPS) is 17.0. The van der Waals surface area contributed by atoms with Crippen LogP contribution in [0.4, 0.5) is 5.69 Å². The van der Waals surface area contributed by atoms with Gasteiger partial charge in [0, 0.05) is 0 Å². The molecule has 1 aliphatic rings. The van der Waals surface area contributed by atoms with E-state index < -0.39 is 0 Å². The number of hydrogen-bond donors (Lipinski definition) is 0. The summed E-state index contributed by atoms with van der Waals surface area (Å²) in [5, 5.41) is 1.12. The number of hydroxylamine groups is 1. The average molecular weight is 165 g/mol. The largest absolute Gasteiger partial charge is 0.282 e. The zero-order valence-electron chi connectivity index (χ0n) is 6.27. The Bertz CT molecular complexity index is 286. The van der Waals surface area contributed by atoms with E-state index in [1.165, 1.54) is 0 Å². The molecule has 1 amide bonds. The molecule has 1 heterocycles. The highest BCUT2D eigenvalue weighted by Gasteiger charge is 2.24. The summed E-state index contributed by atoms with van der Waals surface area (Å²) in [7, 11) is 0. The van der Waals surface area contributed by atoms with Crippen LogP contribution in [-0.2, 0) is 14.7 Å². The van der Waals surface area contributed by atoms with E-state index in [9.17, 15) is 4.79 Å². The summed E-state index contributed by atoms with van der Waals surface area (Å²) < 4.78 is 0. The van der Waals surface area contributed by atoms with Gasteiger partial charge in [-0.1, -0.05) is 18.2 Å². The second kappa shape index (κ2) is 2.92. The van der Waals surface area contributed by atoms with Crippen molar-refractivity contribution in [3.8, 4) is 0 Å². The number of para-hydroxylation sites is 1. The van der Waals surface area contributed by atoms with Crippen LogP contribution in [0.5, 0.6) is 0 Å². The van der Waals surface area contributed by atoms with Gasteiger partial charge in [-0.15, -0.1) is 4.99 Å². The molecule has 4 heteroatoms. The molecule has 4 nitrogen and oxygen atoms in total. The Balaban J connectivity index is 2.25. The summed E-state index contributed by atoms with van der Waals surface area (Å²) >= 11 is 0. The van der Waals surface area contributed by atoms with Crippen LogP contribution in [0.15, 0.2) is 30.3 Å². The molecule has 0 saturated carbocycles. The van der Waals surface area contributed by atoms with Gasteiger partial charge < -0.3 is 0 Å². The van der Waals surface area contributed by atoms with Gasteiger partial charge in [0.05, 0.1) is 5.69 Å². The first-order valence-corrected chi connectivity index (χ1v) is 3.55. The molecule has 0 aromatic heterocycles. The van der Waals surface area contributed by atoms with Crippen molar-refractivity contribution in [3.05, 3.63) is 30.3 Å². The monoisotopic (exact) mass is 165 g/mol. The lowest BCUT2D eigenvalue weighted by atomic mass is 10.3. The Morgan fingerprint density at radius 3 is 2.58 bits per heavy atom. The van der Waals surface area contributed by atoms with Crippen LogP contribution in [-0.4, -0.2) is 12.5 Å². The van der Waals surface area contributed by atoms with E-state index in [1.54, 1.807) is 12.1 Å². The Morgan fingerprint density at radius 1 is 1.25 bits per heavy atom. The Kier molecular flexibility index (Phi) is 1.77. The molecule has 0 N–H and O–H groups in total. The van der Waals surface area contributed by atoms with Crippen LogP contribution >= 0.6 is 0 Å². The summed E-state index contributed by atoms with van der Waals surface area (Å²) in [6.07, 6.45) is 0. The first kappa shape index (κ1) is 7.27. The highest BCUT2D eigenvalue weighted by molar-refractivity contribution is 5.93. The third-order valence-electron chi connectivity index (χ3n) is 1.53. The second-order valence-electron chi connectivity index (χ2n) is 2.36. The van der Waals surface area contributed by atoms with Crippen molar-refractivity contribution in [1.29, 1.82) is 0 Å². The highest BCUT2D eigenvalue weighted by atomic mass is 17.3. The lowest BCUT2D eigenvalue weighted by Gasteiger charge is -2.09. The van der Waals surface area contributed by atoms with Crippen molar-refractivity contribution >= 4 is 11.6 Å². The Morgan fingerprint density at radius 2 is 2.00 bits per heavy atom. The van der Waals surface area contributed by atoms with Gasteiger partial charge in [-0.2, -0.15) is 5.06 Å². The van der Waals surface area contributed by atoms with Gasteiger partial charge in [-0.3, -0.25) is 4.79 Å². The van der Waals surface area contributed by atoms with E-state index in [2.05, 4.69) is 9.88 Å². The van der Waals surface area contributed by atoms with Crippen LogP contribution in [0.25, 0.3) is 0 Å². The molecule has 0 spiro atoms.